The fourth-order valence-electron chi connectivity index (χ4n) is 2.05. The van der Waals surface area contributed by atoms with Crippen LogP contribution in [-0.4, -0.2) is 9.78 Å². The highest BCUT2D eigenvalue weighted by Gasteiger charge is 2.13. The van der Waals surface area contributed by atoms with Crippen LogP contribution in [0.1, 0.15) is 44.5 Å². The van der Waals surface area contributed by atoms with Crippen molar-refractivity contribution in [3.05, 3.63) is 52.3 Å². The van der Waals surface area contributed by atoms with Crippen LogP contribution in [0, 0.1) is 0 Å². The van der Waals surface area contributed by atoms with Gasteiger partial charge in [-0.25, -0.2) is 0 Å². The van der Waals surface area contributed by atoms with Crippen molar-refractivity contribution in [2.45, 2.75) is 46.1 Å². The number of benzene rings is 1. The first kappa shape index (κ1) is 14.1. The highest BCUT2D eigenvalue weighted by molar-refractivity contribution is 6.31. The van der Waals surface area contributed by atoms with Crippen molar-refractivity contribution in [3.63, 3.8) is 0 Å². The molecule has 1 aromatic heterocycles. The van der Waals surface area contributed by atoms with Gasteiger partial charge in [-0.05, 0) is 23.0 Å². The summed E-state index contributed by atoms with van der Waals surface area (Å²) in [5.41, 5.74) is 3.76. The van der Waals surface area contributed by atoms with Crippen LogP contribution in [0.2, 0.25) is 5.02 Å². The first-order valence-corrected chi connectivity index (χ1v) is 7.09. The van der Waals surface area contributed by atoms with E-state index in [1.807, 2.05) is 10.9 Å². The Morgan fingerprint density at radius 2 is 1.79 bits per heavy atom. The number of nitrogens with zero attached hydrogens (tertiary/aromatic N) is 2. The Morgan fingerprint density at radius 3 is 2.26 bits per heavy atom. The zero-order valence-electron chi connectivity index (χ0n) is 12.1. The Bertz CT molecular complexity index is 547. The molecular weight excluding hydrogens is 256 g/mol. The Labute approximate surface area is 120 Å². The maximum Gasteiger partial charge on any atom is 0.0817 e. The Balaban J connectivity index is 2.15. The van der Waals surface area contributed by atoms with Crippen LogP contribution in [0.25, 0.3) is 0 Å². The van der Waals surface area contributed by atoms with Gasteiger partial charge in [0.1, 0.15) is 0 Å². The van der Waals surface area contributed by atoms with E-state index in [1.54, 1.807) is 0 Å². The van der Waals surface area contributed by atoms with Crippen molar-refractivity contribution in [1.82, 2.24) is 9.78 Å². The van der Waals surface area contributed by atoms with Gasteiger partial charge in [-0.3, -0.25) is 4.68 Å². The molecular formula is C16H21ClN2. The highest BCUT2D eigenvalue weighted by atomic mass is 35.5. The average Bonchev–Trinajstić information content (AvgIpc) is 2.69. The van der Waals surface area contributed by atoms with Crippen LogP contribution in [0.3, 0.4) is 0 Å². The molecule has 1 aromatic carbocycles. The molecule has 2 aromatic rings. The summed E-state index contributed by atoms with van der Waals surface area (Å²) in [5, 5.41) is 5.24. The molecule has 0 aliphatic heterocycles. The van der Waals surface area contributed by atoms with Crippen LogP contribution in [0.15, 0.2) is 30.5 Å². The third kappa shape index (κ3) is 3.38. The van der Waals surface area contributed by atoms with E-state index >= 15 is 0 Å². The van der Waals surface area contributed by atoms with E-state index in [9.17, 15) is 0 Å². The summed E-state index contributed by atoms with van der Waals surface area (Å²) in [7, 11) is 0. The van der Waals surface area contributed by atoms with Gasteiger partial charge < -0.3 is 0 Å². The molecule has 0 bridgehead atoms. The molecule has 0 saturated heterocycles. The van der Waals surface area contributed by atoms with Gasteiger partial charge in [0.25, 0.3) is 0 Å². The van der Waals surface area contributed by atoms with Crippen LogP contribution in [-0.2, 0) is 18.4 Å². The molecule has 2 rings (SSSR count). The van der Waals surface area contributed by atoms with E-state index in [0.29, 0.717) is 0 Å². The van der Waals surface area contributed by atoms with Crippen molar-refractivity contribution in [1.29, 1.82) is 0 Å². The Hall–Kier alpha value is -1.28. The standard InChI is InChI=1S/C16H21ClN2/c1-5-15-14(17)11-19(18-15)10-12-6-8-13(9-7-12)16(2,3)4/h6-9,11H,5,10H2,1-4H3. The molecule has 0 fully saturated rings. The molecule has 0 spiro atoms. The first-order valence-electron chi connectivity index (χ1n) is 6.71. The lowest BCUT2D eigenvalue weighted by atomic mass is 9.87. The average molecular weight is 277 g/mol. The highest BCUT2D eigenvalue weighted by Crippen LogP contribution is 2.22. The number of aromatic nitrogens is 2. The fraction of sp³-hybridized carbons (Fsp3) is 0.438. The number of rotatable bonds is 3. The zero-order chi connectivity index (χ0) is 14.0. The zero-order valence-corrected chi connectivity index (χ0v) is 12.8. The second-order valence-electron chi connectivity index (χ2n) is 5.92. The fourth-order valence-corrected chi connectivity index (χ4v) is 2.34. The van der Waals surface area contributed by atoms with E-state index in [-0.39, 0.29) is 5.41 Å². The van der Waals surface area contributed by atoms with Gasteiger partial charge in [0.05, 0.1) is 17.3 Å². The Kier molecular flexibility index (Phi) is 4.00. The molecule has 0 aliphatic carbocycles. The second kappa shape index (κ2) is 5.38. The van der Waals surface area contributed by atoms with E-state index in [0.717, 1.165) is 23.7 Å². The van der Waals surface area contributed by atoms with Gasteiger partial charge in [-0.1, -0.05) is 63.6 Å². The van der Waals surface area contributed by atoms with E-state index in [2.05, 4.69) is 57.1 Å². The largest absolute Gasteiger partial charge is 0.267 e. The van der Waals surface area contributed by atoms with Crippen LogP contribution >= 0.6 is 11.6 Å². The maximum atomic E-state index is 6.11. The van der Waals surface area contributed by atoms with Crippen molar-refractivity contribution in [2.24, 2.45) is 0 Å². The van der Waals surface area contributed by atoms with Gasteiger partial charge in [0, 0.05) is 6.20 Å². The predicted molar refractivity (Wildman–Crippen MR) is 80.9 cm³/mol. The lowest BCUT2D eigenvalue weighted by Crippen LogP contribution is -2.11. The number of halogens is 1. The van der Waals surface area contributed by atoms with Gasteiger partial charge >= 0.3 is 0 Å². The molecule has 19 heavy (non-hydrogen) atoms. The molecule has 0 atom stereocenters. The van der Waals surface area contributed by atoms with Crippen LogP contribution in [0.5, 0.6) is 0 Å². The van der Waals surface area contributed by atoms with Crippen molar-refractivity contribution in [3.8, 4) is 0 Å². The summed E-state index contributed by atoms with van der Waals surface area (Å²) in [6, 6.07) is 8.73. The van der Waals surface area contributed by atoms with Gasteiger partial charge in [-0.2, -0.15) is 5.10 Å². The van der Waals surface area contributed by atoms with Crippen LogP contribution in [0.4, 0.5) is 0 Å². The summed E-state index contributed by atoms with van der Waals surface area (Å²) in [6.45, 7) is 9.51. The summed E-state index contributed by atoms with van der Waals surface area (Å²) >= 11 is 6.11. The monoisotopic (exact) mass is 276 g/mol. The lowest BCUT2D eigenvalue weighted by Gasteiger charge is -2.19. The summed E-state index contributed by atoms with van der Waals surface area (Å²) in [5.74, 6) is 0. The van der Waals surface area contributed by atoms with E-state index in [4.69, 9.17) is 11.6 Å². The SMILES string of the molecule is CCc1nn(Cc2ccc(C(C)(C)C)cc2)cc1Cl. The van der Waals surface area contributed by atoms with Crippen molar-refractivity contribution in [2.75, 3.05) is 0 Å². The van der Waals surface area contributed by atoms with Crippen molar-refractivity contribution < 1.29 is 0 Å². The lowest BCUT2D eigenvalue weighted by molar-refractivity contribution is 0.589. The molecule has 3 heteroatoms. The van der Waals surface area contributed by atoms with E-state index < -0.39 is 0 Å². The third-order valence-electron chi connectivity index (χ3n) is 3.29. The molecule has 2 nitrogen and oxygen atoms in total. The number of hydrogen-bond donors (Lipinski definition) is 0. The second-order valence-corrected chi connectivity index (χ2v) is 6.33. The summed E-state index contributed by atoms with van der Waals surface area (Å²) in [4.78, 5) is 0. The molecule has 0 amide bonds. The Morgan fingerprint density at radius 1 is 1.16 bits per heavy atom. The molecule has 0 N–H and O–H groups in total. The van der Waals surface area contributed by atoms with Crippen molar-refractivity contribution >= 4 is 11.6 Å². The summed E-state index contributed by atoms with van der Waals surface area (Å²) in [6.07, 6.45) is 2.77. The molecule has 102 valence electrons. The van der Waals surface area contributed by atoms with Gasteiger partial charge in [-0.15, -0.1) is 0 Å². The maximum absolute atomic E-state index is 6.11. The quantitative estimate of drug-likeness (QED) is 0.810. The molecule has 0 aliphatic rings. The minimum absolute atomic E-state index is 0.197. The predicted octanol–water partition coefficient (Wildman–Crippen LogP) is 4.44. The normalized spacial score (nSPS) is 11.8. The molecule has 1 heterocycles. The molecule has 0 radical (unpaired) electrons. The minimum atomic E-state index is 0.197. The first-order chi connectivity index (χ1) is 8.90. The smallest absolute Gasteiger partial charge is 0.0817 e. The topological polar surface area (TPSA) is 17.8 Å². The van der Waals surface area contributed by atoms with E-state index in [1.165, 1.54) is 11.1 Å². The van der Waals surface area contributed by atoms with Gasteiger partial charge in [0.2, 0.25) is 0 Å². The number of hydrogen-bond acceptors (Lipinski definition) is 1. The molecule has 0 saturated carbocycles. The third-order valence-corrected chi connectivity index (χ3v) is 3.60. The summed E-state index contributed by atoms with van der Waals surface area (Å²) < 4.78 is 1.91. The molecule has 0 unspecified atom stereocenters. The minimum Gasteiger partial charge on any atom is -0.267 e. The van der Waals surface area contributed by atoms with Crippen LogP contribution < -0.4 is 0 Å². The number of aryl methyl sites for hydroxylation is 1. The van der Waals surface area contributed by atoms with Gasteiger partial charge in [0.15, 0.2) is 0 Å².